The number of nitrogens with zero attached hydrogens (tertiary/aromatic N) is 1. The quantitative estimate of drug-likeness (QED) is 0.733. The van der Waals surface area contributed by atoms with Crippen LogP contribution in [0.5, 0.6) is 5.75 Å². The van der Waals surface area contributed by atoms with Gasteiger partial charge in [0.1, 0.15) is 11.0 Å². The summed E-state index contributed by atoms with van der Waals surface area (Å²) in [7, 11) is -2.05. The summed E-state index contributed by atoms with van der Waals surface area (Å²) < 4.78 is 34.8. The molecule has 1 aliphatic rings. The molecule has 0 saturated heterocycles. The Bertz CT molecular complexity index is 735. The van der Waals surface area contributed by atoms with Gasteiger partial charge in [0.15, 0.2) is 15.3 Å². The fourth-order valence-corrected chi connectivity index (χ4v) is 4.88. The fourth-order valence-electron chi connectivity index (χ4n) is 2.95. The Morgan fingerprint density at radius 2 is 1.91 bits per heavy atom. The summed E-state index contributed by atoms with van der Waals surface area (Å²) in [5.74, 6) is -1.01. The highest BCUT2D eigenvalue weighted by molar-refractivity contribution is 7.92. The second kappa shape index (κ2) is 6.20. The van der Waals surface area contributed by atoms with Crippen molar-refractivity contribution in [3.8, 4) is 11.8 Å². The van der Waals surface area contributed by atoms with E-state index in [0.29, 0.717) is 11.3 Å². The number of rotatable bonds is 6. The van der Waals surface area contributed by atoms with Crippen molar-refractivity contribution in [1.29, 1.82) is 5.26 Å². The third-order valence-corrected chi connectivity index (χ3v) is 6.42. The van der Waals surface area contributed by atoms with Crippen molar-refractivity contribution in [3.63, 3.8) is 0 Å². The highest BCUT2D eigenvalue weighted by Crippen LogP contribution is 2.63. The lowest BCUT2D eigenvalue weighted by molar-refractivity contribution is -0.147. The first kappa shape index (κ1) is 17.3. The molecule has 1 aromatic carbocycles. The summed E-state index contributed by atoms with van der Waals surface area (Å²) in [4.78, 5) is 12.3. The number of benzene rings is 1. The molecule has 7 heteroatoms. The molecule has 1 fully saturated rings. The van der Waals surface area contributed by atoms with Gasteiger partial charge < -0.3 is 9.47 Å². The predicted octanol–water partition coefficient (Wildman–Crippen LogP) is 1.67. The van der Waals surface area contributed by atoms with E-state index in [9.17, 15) is 18.5 Å². The number of carbonyl (C=O) groups is 1. The van der Waals surface area contributed by atoms with Crippen molar-refractivity contribution < 1.29 is 22.7 Å². The second-order valence-electron chi connectivity index (χ2n) is 5.32. The van der Waals surface area contributed by atoms with Gasteiger partial charge in [-0.15, -0.1) is 0 Å². The highest BCUT2D eigenvalue weighted by Gasteiger charge is 2.77. The van der Waals surface area contributed by atoms with Gasteiger partial charge >= 0.3 is 5.97 Å². The van der Waals surface area contributed by atoms with Gasteiger partial charge in [0.2, 0.25) is 0 Å². The zero-order valence-electron chi connectivity index (χ0n) is 13.3. The minimum atomic E-state index is -3.58. The van der Waals surface area contributed by atoms with Crippen LogP contribution in [-0.4, -0.2) is 39.1 Å². The largest absolute Gasteiger partial charge is 0.497 e. The van der Waals surface area contributed by atoms with E-state index in [-0.39, 0.29) is 12.4 Å². The van der Waals surface area contributed by atoms with Gasteiger partial charge in [0.05, 0.1) is 19.8 Å². The van der Waals surface area contributed by atoms with Crippen LogP contribution in [0.2, 0.25) is 0 Å². The number of esters is 1. The molecular weight excluding hydrogens is 318 g/mol. The number of ether oxygens (including phenoxy) is 2. The van der Waals surface area contributed by atoms with E-state index in [2.05, 4.69) is 0 Å². The van der Waals surface area contributed by atoms with E-state index < -0.39 is 32.4 Å². The van der Waals surface area contributed by atoms with Crippen LogP contribution in [0.1, 0.15) is 25.3 Å². The van der Waals surface area contributed by atoms with Gasteiger partial charge in [-0.2, -0.15) is 5.26 Å². The Labute approximate surface area is 135 Å². The van der Waals surface area contributed by atoms with Crippen molar-refractivity contribution in [1.82, 2.24) is 0 Å². The van der Waals surface area contributed by atoms with Crippen LogP contribution in [0, 0.1) is 16.7 Å². The fraction of sp³-hybridized carbons (Fsp3) is 0.500. The summed E-state index contributed by atoms with van der Waals surface area (Å²) in [5, 5.41) is 8.50. The first-order valence-electron chi connectivity index (χ1n) is 7.33. The van der Waals surface area contributed by atoms with Crippen molar-refractivity contribution in [2.24, 2.45) is 5.41 Å². The van der Waals surface area contributed by atoms with Crippen LogP contribution in [0.3, 0.4) is 0 Å². The lowest BCUT2D eigenvalue weighted by Crippen LogP contribution is -2.26. The maximum atomic E-state index is 12.4. The van der Waals surface area contributed by atoms with E-state index in [0.717, 1.165) is 0 Å². The molecule has 0 unspecified atom stereocenters. The van der Waals surface area contributed by atoms with E-state index >= 15 is 0 Å². The standard InChI is InChI=1S/C16H19NO5S/c1-4-22-15(18)16(10-17)13(14(16)23(19,20)5-2)11-6-8-12(21-3)9-7-11/h6-9,13-14H,4-5H2,1-3H3/t13-,14-,16-/m1/s1. The van der Waals surface area contributed by atoms with Crippen molar-refractivity contribution in [3.05, 3.63) is 29.8 Å². The van der Waals surface area contributed by atoms with Crippen molar-refractivity contribution in [2.45, 2.75) is 25.0 Å². The zero-order chi connectivity index (χ0) is 17.3. The lowest BCUT2D eigenvalue weighted by atomic mass is 10.0. The lowest BCUT2D eigenvalue weighted by Gasteiger charge is -2.08. The average Bonchev–Trinajstić information content (AvgIpc) is 3.26. The molecule has 0 aromatic heterocycles. The molecule has 23 heavy (non-hydrogen) atoms. The smallest absolute Gasteiger partial charge is 0.328 e. The van der Waals surface area contributed by atoms with Gasteiger partial charge in [-0.05, 0) is 24.6 Å². The summed E-state index contributed by atoms with van der Waals surface area (Å²) in [6.07, 6.45) is 0. The molecule has 124 valence electrons. The summed E-state index contributed by atoms with van der Waals surface area (Å²) in [5.41, 5.74) is -1.05. The Hall–Kier alpha value is -2.07. The number of methoxy groups -OCH3 is 1. The normalized spacial score (nSPS) is 26.2. The van der Waals surface area contributed by atoms with Crippen LogP contribution in [0.4, 0.5) is 0 Å². The van der Waals surface area contributed by atoms with Crippen LogP contribution < -0.4 is 4.74 Å². The second-order valence-corrected chi connectivity index (χ2v) is 7.74. The van der Waals surface area contributed by atoms with Gasteiger partial charge in [-0.1, -0.05) is 19.1 Å². The molecule has 1 aliphatic carbocycles. The molecule has 0 spiro atoms. The van der Waals surface area contributed by atoms with Gasteiger partial charge in [0.25, 0.3) is 0 Å². The minimum Gasteiger partial charge on any atom is -0.497 e. The number of carbonyl (C=O) groups excluding carboxylic acids is 1. The van der Waals surface area contributed by atoms with E-state index in [4.69, 9.17) is 9.47 Å². The third-order valence-electron chi connectivity index (χ3n) is 4.20. The molecule has 3 atom stereocenters. The van der Waals surface area contributed by atoms with Gasteiger partial charge in [-0.25, -0.2) is 8.42 Å². The first-order chi connectivity index (χ1) is 10.9. The van der Waals surface area contributed by atoms with Crippen LogP contribution >= 0.6 is 0 Å². The monoisotopic (exact) mass is 337 g/mol. The predicted molar refractivity (Wildman–Crippen MR) is 83.7 cm³/mol. The molecule has 0 aliphatic heterocycles. The average molecular weight is 337 g/mol. The molecule has 1 saturated carbocycles. The van der Waals surface area contributed by atoms with E-state index in [1.165, 1.54) is 14.0 Å². The van der Waals surface area contributed by atoms with E-state index in [1.807, 2.05) is 6.07 Å². The molecule has 2 rings (SSSR count). The summed E-state index contributed by atoms with van der Waals surface area (Å²) in [6.45, 7) is 3.22. The Balaban J connectivity index is 2.50. The molecule has 1 aromatic rings. The first-order valence-corrected chi connectivity index (χ1v) is 9.04. The molecule has 6 nitrogen and oxygen atoms in total. The molecular formula is C16H19NO5S. The van der Waals surface area contributed by atoms with E-state index in [1.54, 1.807) is 31.2 Å². The number of hydrogen-bond donors (Lipinski definition) is 0. The number of hydrogen-bond acceptors (Lipinski definition) is 6. The zero-order valence-corrected chi connectivity index (χ0v) is 14.1. The van der Waals surface area contributed by atoms with Crippen LogP contribution in [-0.2, 0) is 19.4 Å². The topological polar surface area (TPSA) is 93.5 Å². The number of nitriles is 1. The Kier molecular flexibility index (Phi) is 4.66. The molecule has 0 heterocycles. The minimum absolute atomic E-state index is 0.0937. The molecule has 0 amide bonds. The molecule has 0 radical (unpaired) electrons. The summed E-state index contributed by atoms with van der Waals surface area (Å²) >= 11 is 0. The van der Waals surface area contributed by atoms with Crippen molar-refractivity contribution >= 4 is 15.8 Å². The highest BCUT2D eigenvalue weighted by atomic mass is 32.2. The number of sulfone groups is 1. The Morgan fingerprint density at radius 1 is 1.30 bits per heavy atom. The van der Waals surface area contributed by atoms with Gasteiger partial charge in [-0.3, -0.25) is 4.79 Å². The maximum Gasteiger partial charge on any atom is 0.328 e. The maximum absolute atomic E-state index is 12.4. The van der Waals surface area contributed by atoms with Gasteiger partial charge in [0, 0.05) is 11.7 Å². The third kappa shape index (κ3) is 2.68. The molecule has 0 N–H and O–H groups in total. The molecule has 0 bridgehead atoms. The van der Waals surface area contributed by atoms with Crippen molar-refractivity contribution in [2.75, 3.05) is 19.5 Å². The van der Waals surface area contributed by atoms with Crippen LogP contribution in [0.15, 0.2) is 24.3 Å². The SMILES string of the molecule is CCOC(=O)[C@]1(C#N)[C@H](c2ccc(OC)cc2)[C@H]1S(=O)(=O)CC. The van der Waals surface area contributed by atoms with Crippen LogP contribution in [0.25, 0.3) is 0 Å². The summed E-state index contributed by atoms with van der Waals surface area (Å²) in [6, 6.07) is 8.64. The Morgan fingerprint density at radius 3 is 2.35 bits per heavy atom.